The first-order valence-corrected chi connectivity index (χ1v) is 9.43. The van der Waals surface area contributed by atoms with Gasteiger partial charge in [0.2, 0.25) is 5.58 Å². The summed E-state index contributed by atoms with van der Waals surface area (Å²) in [7, 11) is 1.39. The standard InChI is InChI=1S/C22H19N3O4/c1-28-22(27)16-10-13-6-2-3-7-14(13)11-25(16)12-18-23-19-15-8-4-5-9-17(15)29-20(19)21(26)24-18/h2-9,16H,10-12H2,1H3,(H,23,24,26)/t16-/m1/s1. The second-order valence-corrected chi connectivity index (χ2v) is 7.21. The number of nitrogens with zero attached hydrogens (tertiary/aromatic N) is 2. The van der Waals surface area contributed by atoms with Gasteiger partial charge in [0.25, 0.3) is 5.56 Å². The van der Waals surface area contributed by atoms with Crippen molar-refractivity contribution in [1.29, 1.82) is 0 Å². The lowest BCUT2D eigenvalue weighted by Gasteiger charge is -2.34. The summed E-state index contributed by atoms with van der Waals surface area (Å²) in [6.45, 7) is 0.891. The van der Waals surface area contributed by atoms with Crippen LogP contribution in [0.4, 0.5) is 0 Å². The first-order chi connectivity index (χ1) is 14.1. The van der Waals surface area contributed by atoms with E-state index >= 15 is 0 Å². The van der Waals surface area contributed by atoms with Crippen molar-refractivity contribution in [2.24, 2.45) is 0 Å². The molecule has 2 aromatic carbocycles. The van der Waals surface area contributed by atoms with Crippen LogP contribution in [0.15, 0.2) is 57.7 Å². The zero-order valence-electron chi connectivity index (χ0n) is 15.8. The van der Waals surface area contributed by atoms with E-state index in [0.717, 1.165) is 16.5 Å². The van der Waals surface area contributed by atoms with Gasteiger partial charge in [-0.15, -0.1) is 0 Å². The van der Waals surface area contributed by atoms with Gasteiger partial charge < -0.3 is 14.1 Å². The van der Waals surface area contributed by atoms with Crippen molar-refractivity contribution in [3.63, 3.8) is 0 Å². The van der Waals surface area contributed by atoms with Crippen molar-refractivity contribution < 1.29 is 13.9 Å². The number of furan rings is 1. The van der Waals surface area contributed by atoms with Crippen LogP contribution in [0.2, 0.25) is 0 Å². The smallest absolute Gasteiger partial charge is 0.323 e. The summed E-state index contributed by atoms with van der Waals surface area (Å²) in [6, 6.07) is 15.0. The number of rotatable bonds is 3. The summed E-state index contributed by atoms with van der Waals surface area (Å²) in [4.78, 5) is 34.4. The predicted octanol–water partition coefficient (Wildman–Crippen LogP) is 2.77. The van der Waals surface area contributed by atoms with Gasteiger partial charge in [-0.1, -0.05) is 36.4 Å². The zero-order valence-corrected chi connectivity index (χ0v) is 15.8. The van der Waals surface area contributed by atoms with Crippen LogP contribution < -0.4 is 5.56 Å². The highest BCUT2D eigenvalue weighted by Gasteiger charge is 2.32. The Hall–Kier alpha value is -3.45. The summed E-state index contributed by atoms with van der Waals surface area (Å²) >= 11 is 0. The van der Waals surface area contributed by atoms with Crippen LogP contribution in [0, 0.1) is 0 Å². The second-order valence-electron chi connectivity index (χ2n) is 7.21. The molecule has 29 heavy (non-hydrogen) atoms. The van der Waals surface area contributed by atoms with E-state index in [0.29, 0.717) is 36.4 Å². The number of nitrogens with one attached hydrogen (secondary N) is 1. The van der Waals surface area contributed by atoms with Crippen LogP contribution in [0.1, 0.15) is 17.0 Å². The van der Waals surface area contributed by atoms with Crippen molar-refractivity contribution in [3.8, 4) is 0 Å². The number of fused-ring (bicyclic) bond motifs is 4. The SMILES string of the molecule is COC(=O)[C@H]1Cc2ccccc2CN1Cc1nc2c(oc3ccccc32)c(=O)[nH]1. The topological polar surface area (TPSA) is 88.4 Å². The quantitative estimate of drug-likeness (QED) is 0.542. The maximum Gasteiger partial charge on any atom is 0.323 e. The molecule has 0 unspecified atom stereocenters. The Kier molecular flexibility index (Phi) is 4.17. The first kappa shape index (κ1) is 17.6. The number of methoxy groups -OCH3 is 1. The summed E-state index contributed by atoms with van der Waals surface area (Å²) in [5, 5.41) is 0.795. The lowest BCUT2D eigenvalue weighted by atomic mass is 9.94. The Labute approximate surface area is 165 Å². The Morgan fingerprint density at radius 1 is 1.21 bits per heavy atom. The van der Waals surface area contributed by atoms with Gasteiger partial charge in [-0.05, 0) is 29.7 Å². The van der Waals surface area contributed by atoms with Crippen LogP contribution in [0.5, 0.6) is 0 Å². The van der Waals surface area contributed by atoms with E-state index in [-0.39, 0.29) is 17.1 Å². The Balaban J connectivity index is 1.55. The zero-order chi connectivity index (χ0) is 20.0. The molecule has 146 valence electrons. The van der Waals surface area contributed by atoms with Gasteiger partial charge in [0, 0.05) is 11.9 Å². The third-order valence-corrected chi connectivity index (χ3v) is 5.45. The molecular formula is C22H19N3O4. The molecule has 1 N–H and O–H groups in total. The van der Waals surface area contributed by atoms with Crippen molar-refractivity contribution in [2.45, 2.75) is 25.6 Å². The lowest BCUT2D eigenvalue weighted by Crippen LogP contribution is -2.46. The summed E-state index contributed by atoms with van der Waals surface area (Å²) in [5.41, 5.74) is 3.33. The van der Waals surface area contributed by atoms with E-state index < -0.39 is 6.04 Å². The predicted molar refractivity (Wildman–Crippen MR) is 107 cm³/mol. The van der Waals surface area contributed by atoms with E-state index in [1.807, 2.05) is 47.4 Å². The molecule has 5 rings (SSSR count). The summed E-state index contributed by atoms with van der Waals surface area (Å²) in [6.07, 6.45) is 0.559. The molecule has 4 aromatic rings. The maximum atomic E-state index is 12.6. The van der Waals surface area contributed by atoms with Gasteiger partial charge in [0.05, 0.1) is 13.7 Å². The van der Waals surface area contributed by atoms with Crippen molar-refractivity contribution >= 4 is 28.0 Å². The molecule has 0 saturated carbocycles. The van der Waals surface area contributed by atoms with Gasteiger partial charge in [-0.3, -0.25) is 14.5 Å². The highest BCUT2D eigenvalue weighted by atomic mass is 16.5. The maximum absolute atomic E-state index is 12.6. The third-order valence-electron chi connectivity index (χ3n) is 5.45. The van der Waals surface area contributed by atoms with E-state index in [1.165, 1.54) is 7.11 Å². The molecule has 0 spiro atoms. The van der Waals surface area contributed by atoms with Crippen LogP contribution in [-0.4, -0.2) is 34.0 Å². The van der Waals surface area contributed by atoms with E-state index in [1.54, 1.807) is 0 Å². The van der Waals surface area contributed by atoms with Gasteiger partial charge in [-0.2, -0.15) is 0 Å². The van der Waals surface area contributed by atoms with Crippen molar-refractivity contribution in [2.75, 3.05) is 7.11 Å². The monoisotopic (exact) mass is 389 g/mol. The molecule has 1 atom stereocenters. The number of para-hydroxylation sites is 1. The Morgan fingerprint density at radius 3 is 2.79 bits per heavy atom. The molecule has 0 saturated heterocycles. The first-order valence-electron chi connectivity index (χ1n) is 9.43. The van der Waals surface area contributed by atoms with Crippen molar-refractivity contribution in [1.82, 2.24) is 14.9 Å². The molecule has 0 aliphatic carbocycles. The number of ether oxygens (including phenoxy) is 1. The minimum atomic E-state index is -0.433. The molecule has 1 aliphatic rings. The lowest BCUT2D eigenvalue weighted by molar-refractivity contribution is -0.148. The number of benzene rings is 2. The Morgan fingerprint density at radius 2 is 1.97 bits per heavy atom. The fraction of sp³-hybridized carbons (Fsp3) is 0.227. The molecule has 0 amide bonds. The fourth-order valence-corrected chi connectivity index (χ4v) is 4.03. The number of carbonyl (C=O) groups excluding carboxylic acids is 1. The molecule has 7 nitrogen and oxygen atoms in total. The van der Waals surface area contributed by atoms with Crippen LogP contribution in [0.3, 0.4) is 0 Å². The fourth-order valence-electron chi connectivity index (χ4n) is 4.03. The van der Waals surface area contributed by atoms with Crippen molar-refractivity contribution in [3.05, 3.63) is 75.8 Å². The number of hydrogen-bond donors (Lipinski definition) is 1. The molecule has 0 fully saturated rings. The molecule has 3 heterocycles. The molecule has 2 aromatic heterocycles. The minimum Gasteiger partial charge on any atom is -0.468 e. The number of aromatic amines is 1. The van der Waals surface area contributed by atoms with Gasteiger partial charge in [0.1, 0.15) is 23.0 Å². The number of H-pyrrole nitrogens is 1. The third kappa shape index (κ3) is 3.00. The van der Waals surface area contributed by atoms with Gasteiger partial charge in [0.15, 0.2) is 0 Å². The summed E-state index contributed by atoms with van der Waals surface area (Å²) in [5.74, 6) is 0.194. The number of esters is 1. The average molecular weight is 389 g/mol. The molecule has 1 aliphatic heterocycles. The molecule has 7 heteroatoms. The van der Waals surface area contributed by atoms with Gasteiger partial charge >= 0.3 is 5.97 Å². The molecule has 0 radical (unpaired) electrons. The normalized spacial score (nSPS) is 16.8. The van der Waals surface area contributed by atoms with Crippen LogP contribution >= 0.6 is 0 Å². The molecular weight excluding hydrogens is 370 g/mol. The largest absolute Gasteiger partial charge is 0.468 e. The van der Waals surface area contributed by atoms with E-state index in [9.17, 15) is 9.59 Å². The Bertz CT molecular complexity index is 1290. The minimum absolute atomic E-state index is 0.212. The highest BCUT2D eigenvalue weighted by Crippen LogP contribution is 2.27. The average Bonchev–Trinajstić information content (AvgIpc) is 3.12. The second kappa shape index (κ2) is 6.86. The number of hydrogen-bond acceptors (Lipinski definition) is 6. The van der Waals surface area contributed by atoms with E-state index in [2.05, 4.69) is 16.0 Å². The highest BCUT2D eigenvalue weighted by molar-refractivity contribution is 6.01. The number of aromatic nitrogens is 2. The van der Waals surface area contributed by atoms with Gasteiger partial charge in [-0.25, -0.2) is 4.98 Å². The van der Waals surface area contributed by atoms with Crippen LogP contribution in [-0.2, 0) is 29.0 Å². The van der Waals surface area contributed by atoms with E-state index in [4.69, 9.17) is 9.15 Å². The van der Waals surface area contributed by atoms with Crippen LogP contribution in [0.25, 0.3) is 22.1 Å². The summed E-state index contributed by atoms with van der Waals surface area (Å²) < 4.78 is 10.7. The number of carbonyl (C=O) groups is 1. The molecule has 0 bridgehead atoms.